The predicted octanol–water partition coefficient (Wildman–Crippen LogP) is 6.51. The van der Waals surface area contributed by atoms with Gasteiger partial charge in [0.25, 0.3) is 0 Å². The summed E-state index contributed by atoms with van der Waals surface area (Å²) in [5.74, 6) is -0.0744. The molecule has 1 N–H and O–H groups in total. The summed E-state index contributed by atoms with van der Waals surface area (Å²) in [5.41, 5.74) is 1.44. The number of likely N-dealkylation sites (tertiary alicyclic amines) is 1. The number of aromatic carboxylic acids is 1. The first-order valence-electron chi connectivity index (χ1n) is 14.8. The molecule has 2 aliphatic carbocycles. The molecule has 1 aliphatic heterocycles. The van der Waals surface area contributed by atoms with Crippen LogP contribution in [0.4, 0.5) is 13.2 Å². The van der Waals surface area contributed by atoms with Gasteiger partial charge in [-0.25, -0.2) is 14.5 Å². The quantitative estimate of drug-likeness (QED) is 0.320. The van der Waals surface area contributed by atoms with Crippen LogP contribution in [0.15, 0.2) is 54.2 Å². The Morgan fingerprint density at radius 2 is 1.70 bits per heavy atom. The van der Waals surface area contributed by atoms with Crippen LogP contribution in [0.3, 0.4) is 0 Å². The monoisotopic (exact) mass is 594 g/mol. The number of alkyl halides is 3. The van der Waals surface area contributed by atoms with Crippen molar-refractivity contribution < 1.29 is 32.6 Å². The first-order valence-corrected chi connectivity index (χ1v) is 14.8. The van der Waals surface area contributed by atoms with Crippen LogP contribution in [-0.4, -0.2) is 56.3 Å². The van der Waals surface area contributed by atoms with Gasteiger partial charge in [-0.05, 0) is 98.3 Å². The van der Waals surface area contributed by atoms with E-state index in [4.69, 9.17) is 4.74 Å². The first kappa shape index (κ1) is 28.9. The number of benzene rings is 1. The SMILES string of the molecule is O=C(O)c1cnn(-c2cccc(C3=C(COc4ccc(C5CCN(C(=O)C6CC6)CC5)cc4)CCCC3)n2)c1C(F)(F)F. The Balaban J connectivity index is 1.15. The molecule has 2 fully saturated rings. The third kappa shape index (κ3) is 6.30. The third-order valence-corrected chi connectivity index (χ3v) is 8.61. The van der Waals surface area contributed by atoms with Crippen molar-refractivity contribution in [3.63, 3.8) is 0 Å². The van der Waals surface area contributed by atoms with Crippen molar-refractivity contribution in [3.05, 3.63) is 76.7 Å². The summed E-state index contributed by atoms with van der Waals surface area (Å²) in [6, 6.07) is 12.8. The molecular formula is C32H33F3N4O4. The van der Waals surface area contributed by atoms with E-state index in [0.29, 0.717) is 41.4 Å². The zero-order valence-electron chi connectivity index (χ0n) is 23.6. The Labute approximate surface area is 247 Å². The Morgan fingerprint density at radius 1 is 0.977 bits per heavy atom. The highest BCUT2D eigenvalue weighted by atomic mass is 19.4. The molecule has 11 heteroatoms. The van der Waals surface area contributed by atoms with E-state index in [-0.39, 0.29) is 11.7 Å². The van der Waals surface area contributed by atoms with Crippen LogP contribution >= 0.6 is 0 Å². The molecule has 226 valence electrons. The lowest BCUT2D eigenvalue weighted by Crippen LogP contribution is -2.38. The van der Waals surface area contributed by atoms with Crippen molar-refractivity contribution >= 4 is 17.4 Å². The first-order chi connectivity index (χ1) is 20.7. The molecular weight excluding hydrogens is 561 g/mol. The van der Waals surface area contributed by atoms with Gasteiger partial charge in [-0.1, -0.05) is 18.2 Å². The highest BCUT2D eigenvalue weighted by molar-refractivity contribution is 5.89. The molecule has 0 radical (unpaired) electrons. The van der Waals surface area contributed by atoms with Gasteiger partial charge in [0, 0.05) is 19.0 Å². The zero-order valence-corrected chi connectivity index (χ0v) is 23.6. The minimum absolute atomic E-state index is 0.103. The number of allylic oxidation sites excluding steroid dienone is 1. The smallest absolute Gasteiger partial charge is 0.434 e. The number of piperidine rings is 1. The van der Waals surface area contributed by atoms with E-state index in [1.165, 1.54) is 11.6 Å². The fraction of sp³-hybridized carbons (Fsp3) is 0.438. The lowest BCUT2D eigenvalue weighted by atomic mass is 9.89. The van der Waals surface area contributed by atoms with E-state index >= 15 is 0 Å². The molecule has 0 bridgehead atoms. The molecule has 1 aromatic carbocycles. The predicted molar refractivity (Wildman–Crippen MR) is 152 cm³/mol. The summed E-state index contributed by atoms with van der Waals surface area (Å²) < 4.78 is 48.0. The van der Waals surface area contributed by atoms with Crippen molar-refractivity contribution in [1.82, 2.24) is 19.7 Å². The standard InChI is InChI=1S/C32H33F3N4O4/c33-32(34,35)29-26(31(41)42)18-36-39(29)28-7-3-6-27(37-28)25-5-2-1-4-23(25)19-43-24-12-10-20(11-13-24)21-14-16-38(17-15-21)30(40)22-8-9-22/h3,6-7,10-13,18,21-22H,1-2,4-5,8-9,14-17,19H2,(H,41,42). The molecule has 8 nitrogen and oxygen atoms in total. The van der Waals surface area contributed by atoms with Gasteiger partial charge >= 0.3 is 12.1 Å². The van der Waals surface area contributed by atoms with E-state index in [1.807, 2.05) is 17.0 Å². The summed E-state index contributed by atoms with van der Waals surface area (Å²) in [5, 5.41) is 13.0. The number of nitrogens with zero attached hydrogens (tertiary/aromatic N) is 4. The Bertz CT molecular complexity index is 1530. The number of ether oxygens (including phenoxy) is 1. The maximum atomic E-state index is 13.8. The molecule has 3 aromatic rings. The Morgan fingerprint density at radius 3 is 2.37 bits per heavy atom. The third-order valence-electron chi connectivity index (χ3n) is 8.61. The van der Waals surface area contributed by atoms with E-state index in [0.717, 1.165) is 74.9 Å². The Hall–Kier alpha value is -4.15. The van der Waals surface area contributed by atoms with Gasteiger partial charge in [-0.2, -0.15) is 18.3 Å². The molecule has 0 unspecified atom stereocenters. The fourth-order valence-electron chi connectivity index (χ4n) is 6.13. The molecule has 0 atom stereocenters. The molecule has 3 aliphatic rings. The van der Waals surface area contributed by atoms with Gasteiger partial charge in [-0.15, -0.1) is 0 Å². The number of halogens is 3. The summed E-state index contributed by atoms with van der Waals surface area (Å²) in [6.07, 6.45) is 3.15. The van der Waals surface area contributed by atoms with Gasteiger partial charge in [0.2, 0.25) is 5.91 Å². The summed E-state index contributed by atoms with van der Waals surface area (Å²) in [7, 11) is 0. The number of pyridine rings is 1. The topological polar surface area (TPSA) is 97.5 Å². The molecule has 1 saturated carbocycles. The minimum Gasteiger partial charge on any atom is -0.489 e. The second-order valence-corrected chi connectivity index (χ2v) is 11.5. The van der Waals surface area contributed by atoms with Crippen LogP contribution in [0, 0.1) is 5.92 Å². The number of carbonyl (C=O) groups is 2. The summed E-state index contributed by atoms with van der Waals surface area (Å²) >= 11 is 0. The van der Waals surface area contributed by atoms with E-state index < -0.39 is 23.4 Å². The van der Waals surface area contributed by atoms with Crippen molar-refractivity contribution in [1.29, 1.82) is 0 Å². The number of carboxylic acids is 1. The maximum absolute atomic E-state index is 13.8. The summed E-state index contributed by atoms with van der Waals surface area (Å²) in [4.78, 5) is 30.3. The lowest BCUT2D eigenvalue weighted by Gasteiger charge is -2.32. The van der Waals surface area contributed by atoms with Crippen LogP contribution < -0.4 is 4.74 Å². The van der Waals surface area contributed by atoms with Crippen molar-refractivity contribution in [2.45, 2.75) is 63.5 Å². The molecule has 3 heterocycles. The average Bonchev–Trinajstić information content (AvgIpc) is 3.76. The highest BCUT2D eigenvalue weighted by Gasteiger charge is 2.41. The van der Waals surface area contributed by atoms with Gasteiger partial charge < -0.3 is 14.7 Å². The minimum atomic E-state index is -4.92. The van der Waals surface area contributed by atoms with Crippen LogP contribution in [0.25, 0.3) is 11.4 Å². The average molecular weight is 595 g/mol. The van der Waals surface area contributed by atoms with Gasteiger partial charge in [-0.3, -0.25) is 4.79 Å². The number of aromatic nitrogens is 3. The number of carbonyl (C=O) groups excluding carboxylic acids is 1. The molecule has 0 spiro atoms. The second-order valence-electron chi connectivity index (χ2n) is 11.5. The molecule has 2 aromatic heterocycles. The number of hydrogen-bond acceptors (Lipinski definition) is 5. The van der Waals surface area contributed by atoms with Crippen LogP contribution in [-0.2, 0) is 11.0 Å². The van der Waals surface area contributed by atoms with E-state index in [1.54, 1.807) is 12.1 Å². The molecule has 1 saturated heterocycles. The van der Waals surface area contributed by atoms with Crippen LogP contribution in [0.5, 0.6) is 5.75 Å². The van der Waals surface area contributed by atoms with Gasteiger partial charge in [0.05, 0.1) is 11.9 Å². The van der Waals surface area contributed by atoms with Crippen molar-refractivity contribution in [2.75, 3.05) is 19.7 Å². The highest BCUT2D eigenvalue weighted by Crippen LogP contribution is 2.37. The molecule has 1 amide bonds. The number of hydrogen-bond donors (Lipinski definition) is 1. The van der Waals surface area contributed by atoms with Gasteiger partial charge in [0.1, 0.15) is 17.9 Å². The fourth-order valence-corrected chi connectivity index (χ4v) is 6.13. The van der Waals surface area contributed by atoms with Crippen LogP contribution in [0.2, 0.25) is 0 Å². The summed E-state index contributed by atoms with van der Waals surface area (Å²) in [6.45, 7) is 1.95. The van der Waals surface area contributed by atoms with E-state index in [2.05, 4.69) is 22.2 Å². The van der Waals surface area contributed by atoms with Crippen molar-refractivity contribution in [3.8, 4) is 11.6 Å². The maximum Gasteiger partial charge on any atom is 0.434 e. The zero-order chi connectivity index (χ0) is 30.1. The van der Waals surface area contributed by atoms with E-state index in [9.17, 15) is 27.9 Å². The number of amides is 1. The number of carboxylic acid groups (broad SMARTS) is 1. The van der Waals surface area contributed by atoms with Crippen molar-refractivity contribution in [2.24, 2.45) is 5.92 Å². The molecule has 6 rings (SSSR count). The Kier molecular flexibility index (Phi) is 7.98. The van der Waals surface area contributed by atoms with Crippen LogP contribution in [0.1, 0.15) is 84.6 Å². The second kappa shape index (κ2) is 11.9. The number of rotatable bonds is 8. The lowest BCUT2D eigenvalue weighted by molar-refractivity contribution is -0.143. The van der Waals surface area contributed by atoms with Gasteiger partial charge in [0.15, 0.2) is 11.5 Å². The molecule has 43 heavy (non-hydrogen) atoms. The normalized spacial score (nSPS) is 18.2. The largest absolute Gasteiger partial charge is 0.489 e.